The van der Waals surface area contributed by atoms with Crippen molar-refractivity contribution >= 4 is 45.0 Å². The number of anilines is 2. The lowest BCUT2D eigenvalue weighted by Crippen LogP contribution is -2.41. The van der Waals surface area contributed by atoms with E-state index in [1.807, 2.05) is 32.0 Å². The van der Waals surface area contributed by atoms with E-state index in [4.69, 9.17) is 0 Å². The summed E-state index contributed by atoms with van der Waals surface area (Å²) >= 11 is 1.41. The number of aryl methyl sites for hydroxylation is 2. The van der Waals surface area contributed by atoms with Crippen LogP contribution in [0, 0.1) is 13.8 Å². The number of sulfonamides is 1. The normalized spacial score (nSPS) is 12.1. The summed E-state index contributed by atoms with van der Waals surface area (Å²) in [7, 11) is -3.93. The number of hydrogen-bond acceptors (Lipinski definition) is 7. The summed E-state index contributed by atoms with van der Waals surface area (Å²) in [6.45, 7) is 6.64. The molecular formula is C23H25N5O4S2. The van der Waals surface area contributed by atoms with Crippen LogP contribution < -0.4 is 15.4 Å². The van der Waals surface area contributed by atoms with Crippen LogP contribution in [0.25, 0.3) is 0 Å². The van der Waals surface area contributed by atoms with E-state index in [-0.39, 0.29) is 10.8 Å². The van der Waals surface area contributed by atoms with Gasteiger partial charge in [0.25, 0.3) is 0 Å². The quantitative estimate of drug-likeness (QED) is 0.404. The number of carbonyl (C=O) groups excluding carboxylic acids is 2. The average molecular weight is 500 g/mol. The van der Waals surface area contributed by atoms with Crippen molar-refractivity contribution in [1.82, 2.24) is 14.7 Å². The van der Waals surface area contributed by atoms with Gasteiger partial charge in [0, 0.05) is 34.6 Å². The lowest BCUT2D eigenvalue weighted by atomic mass is 10.3. The molecule has 0 bridgehead atoms. The van der Waals surface area contributed by atoms with Gasteiger partial charge in [0.2, 0.25) is 21.8 Å². The minimum absolute atomic E-state index is 0.0174. The Hall–Kier alpha value is -3.28. The summed E-state index contributed by atoms with van der Waals surface area (Å²) < 4.78 is 27.6. The van der Waals surface area contributed by atoms with Crippen LogP contribution in [0.1, 0.15) is 25.2 Å². The highest BCUT2D eigenvalue weighted by Crippen LogP contribution is 2.26. The van der Waals surface area contributed by atoms with Crippen molar-refractivity contribution in [3.63, 3.8) is 0 Å². The summed E-state index contributed by atoms with van der Waals surface area (Å²) in [4.78, 5) is 33.3. The van der Waals surface area contributed by atoms with Gasteiger partial charge in [-0.2, -0.15) is 4.72 Å². The van der Waals surface area contributed by atoms with Crippen molar-refractivity contribution in [2.24, 2.45) is 0 Å². The van der Waals surface area contributed by atoms with Gasteiger partial charge in [-0.05, 0) is 87.1 Å². The molecule has 0 saturated heterocycles. The van der Waals surface area contributed by atoms with Crippen molar-refractivity contribution in [2.75, 3.05) is 10.6 Å². The first-order valence-corrected chi connectivity index (χ1v) is 12.6. The van der Waals surface area contributed by atoms with Crippen LogP contribution in [0.3, 0.4) is 0 Å². The zero-order valence-electron chi connectivity index (χ0n) is 19.1. The van der Waals surface area contributed by atoms with Crippen LogP contribution in [-0.2, 0) is 19.6 Å². The molecule has 3 aromatic rings. The molecule has 0 radical (unpaired) electrons. The Balaban J connectivity index is 1.59. The lowest BCUT2D eigenvalue weighted by Gasteiger charge is -2.15. The molecule has 178 valence electrons. The van der Waals surface area contributed by atoms with E-state index in [9.17, 15) is 18.0 Å². The molecule has 0 fully saturated rings. The Morgan fingerprint density at radius 3 is 1.97 bits per heavy atom. The van der Waals surface area contributed by atoms with E-state index in [0.717, 1.165) is 16.3 Å². The Labute approximate surface area is 202 Å². The Bertz CT molecular complexity index is 1270. The van der Waals surface area contributed by atoms with Crippen LogP contribution in [0.5, 0.6) is 0 Å². The number of rotatable bonds is 8. The van der Waals surface area contributed by atoms with Gasteiger partial charge in [0.15, 0.2) is 5.16 Å². The van der Waals surface area contributed by atoms with Gasteiger partial charge in [-0.3, -0.25) is 9.59 Å². The lowest BCUT2D eigenvalue weighted by molar-refractivity contribution is -0.117. The third-order valence-corrected chi connectivity index (χ3v) is 6.93. The Morgan fingerprint density at radius 2 is 1.41 bits per heavy atom. The third kappa shape index (κ3) is 7.11. The monoisotopic (exact) mass is 499 g/mol. The summed E-state index contributed by atoms with van der Waals surface area (Å²) in [6, 6.07) is 13.7. The first kappa shape index (κ1) is 25.3. The van der Waals surface area contributed by atoms with E-state index in [1.54, 1.807) is 12.1 Å². The van der Waals surface area contributed by atoms with Crippen LogP contribution >= 0.6 is 11.8 Å². The third-order valence-electron chi connectivity index (χ3n) is 4.50. The van der Waals surface area contributed by atoms with E-state index in [0.29, 0.717) is 16.5 Å². The van der Waals surface area contributed by atoms with E-state index < -0.39 is 22.0 Å². The zero-order chi connectivity index (χ0) is 24.9. The predicted octanol–water partition coefficient (Wildman–Crippen LogP) is 3.51. The van der Waals surface area contributed by atoms with Gasteiger partial charge in [0.1, 0.15) is 0 Å². The van der Waals surface area contributed by atoms with Gasteiger partial charge >= 0.3 is 0 Å². The highest BCUT2D eigenvalue weighted by molar-refractivity contribution is 7.99. The van der Waals surface area contributed by atoms with Crippen LogP contribution in [0.15, 0.2) is 69.5 Å². The second kappa shape index (κ2) is 10.8. The summed E-state index contributed by atoms with van der Waals surface area (Å²) in [5.41, 5.74) is 2.78. The first-order valence-electron chi connectivity index (χ1n) is 10.3. The molecule has 1 heterocycles. The fourth-order valence-corrected chi connectivity index (χ4v) is 5.04. The van der Waals surface area contributed by atoms with Crippen molar-refractivity contribution in [1.29, 1.82) is 0 Å². The van der Waals surface area contributed by atoms with Crippen molar-refractivity contribution < 1.29 is 18.0 Å². The minimum atomic E-state index is -3.93. The number of amides is 2. The second-order valence-corrected chi connectivity index (χ2v) is 10.4. The maximum Gasteiger partial charge on any atom is 0.242 e. The Kier molecular flexibility index (Phi) is 8.02. The molecule has 34 heavy (non-hydrogen) atoms. The number of carbonyl (C=O) groups is 2. The average Bonchev–Trinajstić information content (AvgIpc) is 2.74. The summed E-state index contributed by atoms with van der Waals surface area (Å²) in [6.07, 6.45) is 0. The van der Waals surface area contributed by atoms with E-state index in [1.165, 1.54) is 49.9 Å². The summed E-state index contributed by atoms with van der Waals surface area (Å²) in [5.74, 6) is -0.763. The standard InChI is InChI=1S/C23H25N5O4S2/c1-14-13-15(2)25-23(24-14)33-20-9-5-19(6-10-20)27-22(30)16(3)28-34(31,32)21-11-7-18(8-12-21)26-17(4)29/h5-13,16,28H,1-4H3,(H,26,29)(H,27,30)/t16-/m0/s1. The minimum Gasteiger partial charge on any atom is -0.326 e. The number of nitrogens with zero attached hydrogens (tertiary/aromatic N) is 2. The van der Waals surface area contributed by atoms with Crippen LogP contribution in [-0.4, -0.2) is 36.2 Å². The van der Waals surface area contributed by atoms with Gasteiger partial charge < -0.3 is 10.6 Å². The van der Waals surface area contributed by atoms with Gasteiger partial charge in [-0.25, -0.2) is 18.4 Å². The van der Waals surface area contributed by atoms with Crippen molar-refractivity contribution in [3.05, 3.63) is 66.0 Å². The molecule has 1 aromatic heterocycles. The molecule has 0 saturated carbocycles. The molecule has 0 aliphatic carbocycles. The first-order chi connectivity index (χ1) is 16.0. The molecule has 0 unspecified atom stereocenters. The molecule has 0 aliphatic rings. The number of hydrogen-bond donors (Lipinski definition) is 3. The highest BCUT2D eigenvalue weighted by atomic mass is 32.2. The fraction of sp³-hybridized carbons (Fsp3) is 0.217. The number of nitrogens with one attached hydrogen (secondary N) is 3. The van der Waals surface area contributed by atoms with Crippen molar-refractivity contribution in [2.45, 2.75) is 48.7 Å². The molecule has 11 heteroatoms. The molecule has 0 spiro atoms. The van der Waals surface area contributed by atoms with Gasteiger partial charge in [-0.15, -0.1) is 0 Å². The maximum absolute atomic E-state index is 12.6. The maximum atomic E-state index is 12.6. The van der Waals surface area contributed by atoms with Gasteiger partial charge in [0.05, 0.1) is 10.9 Å². The smallest absolute Gasteiger partial charge is 0.242 e. The van der Waals surface area contributed by atoms with Crippen molar-refractivity contribution in [3.8, 4) is 0 Å². The molecule has 3 rings (SSSR count). The molecule has 2 amide bonds. The van der Waals surface area contributed by atoms with Gasteiger partial charge in [-0.1, -0.05) is 0 Å². The molecule has 3 N–H and O–H groups in total. The SMILES string of the molecule is CC(=O)Nc1ccc(S(=O)(=O)N[C@@H](C)C(=O)Nc2ccc(Sc3nc(C)cc(C)n3)cc2)cc1. The number of aromatic nitrogens is 2. The predicted molar refractivity (Wildman–Crippen MR) is 131 cm³/mol. The molecule has 0 aliphatic heterocycles. The van der Waals surface area contributed by atoms with E-state index >= 15 is 0 Å². The topological polar surface area (TPSA) is 130 Å². The van der Waals surface area contributed by atoms with Crippen LogP contribution in [0.2, 0.25) is 0 Å². The van der Waals surface area contributed by atoms with Crippen LogP contribution in [0.4, 0.5) is 11.4 Å². The zero-order valence-corrected chi connectivity index (χ0v) is 20.8. The Morgan fingerprint density at radius 1 is 0.882 bits per heavy atom. The molecule has 1 atom stereocenters. The fourth-order valence-electron chi connectivity index (χ4n) is 2.98. The summed E-state index contributed by atoms with van der Waals surface area (Å²) in [5, 5.41) is 5.91. The second-order valence-electron chi connectivity index (χ2n) is 7.60. The van der Waals surface area contributed by atoms with E-state index in [2.05, 4.69) is 25.3 Å². The molecule has 9 nitrogen and oxygen atoms in total. The highest BCUT2D eigenvalue weighted by Gasteiger charge is 2.22. The number of benzene rings is 2. The molecular weight excluding hydrogens is 474 g/mol. The molecule has 2 aromatic carbocycles. The largest absolute Gasteiger partial charge is 0.326 e.